The summed E-state index contributed by atoms with van der Waals surface area (Å²) in [5.74, 6) is 0. The van der Waals surface area contributed by atoms with Gasteiger partial charge >= 0.3 is 12.4 Å². The van der Waals surface area contributed by atoms with Gasteiger partial charge in [-0.1, -0.05) is 29.8 Å². The lowest BCUT2D eigenvalue weighted by atomic mass is 9.85. The van der Waals surface area contributed by atoms with Crippen molar-refractivity contribution < 1.29 is 26.3 Å². The summed E-state index contributed by atoms with van der Waals surface area (Å²) in [4.78, 5) is 0. The molecule has 0 saturated heterocycles. The zero-order chi connectivity index (χ0) is 15.1. The molecule has 0 bridgehead atoms. The third kappa shape index (κ3) is 3.87. The molecule has 0 aromatic heterocycles. The topological polar surface area (TPSA) is 0 Å². The van der Waals surface area contributed by atoms with Crippen LogP contribution < -0.4 is 0 Å². The SMILES string of the molecule is CC(C)(CBr)c1cc(C(F)(F)F)cc(C(F)(F)F)c1. The Balaban J connectivity index is 3.51. The van der Waals surface area contributed by atoms with Gasteiger partial charge < -0.3 is 0 Å². The number of rotatable bonds is 2. The van der Waals surface area contributed by atoms with Gasteiger partial charge in [-0.3, -0.25) is 0 Å². The summed E-state index contributed by atoms with van der Waals surface area (Å²) >= 11 is 3.10. The van der Waals surface area contributed by atoms with Gasteiger partial charge in [0.25, 0.3) is 0 Å². The van der Waals surface area contributed by atoms with Crippen molar-refractivity contribution in [3.05, 3.63) is 34.9 Å². The van der Waals surface area contributed by atoms with E-state index in [1.54, 1.807) is 13.8 Å². The first kappa shape index (κ1) is 16.3. The zero-order valence-electron chi connectivity index (χ0n) is 10.1. The van der Waals surface area contributed by atoms with Gasteiger partial charge in [-0.05, 0) is 29.2 Å². The van der Waals surface area contributed by atoms with E-state index in [9.17, 15) is 26.3 Å². The Labute approximate surface area is 114 Å². The molecule has 0 N–H and O–H groups in total. The highest BCUT2D eigenvalue weighted by atomic mass is 79.9. The van der Waals surface area contributed by atoms with Crippen molar-refractivity contribution >= 4 is 15.9 Å². The molecule has 0 spiro atoms. The number of hydrogen-bond acceptors (Lipinski definition) is 0. The summed E-state index contributed by atoms with van der Waals surface area (Å²) in [6, 6.07) is 1.65. The summed E-state index contributed by atoms with van der Waals surface area (Å²) in [6.45, 7) is 3.13. The van der Waals surface area contributed by atoms with Crippen LogP contribution in [0.25, 0.3) is 0 Å². The highest BCUT2D eigenvalue weighted by molar-refractivity contribution is 9.09. The van der Waals surface area contributed by atoms with Crippen LogP contribution in [0.1, 0.15) is 30.5 Å². The minimum atomic E-state index is -4.81. The molecule has 0 saturated carbocycles. The van der Waals surface area contributed by atoms with E-state index < -0.39 is 28.9 Å². The Morgan fingerprint density at radius 3 is 1.37 bits per heavy atom. The third-order valence-electron chi connectivity index (χ3n) is 2.70. The van der Waals surface area contributed by atoms with E-state index in [1.165, 1.54) is 0 Å². The van der Waals surface area contributed by atoms with E-state index in [-0.39, 0.29) is 17.0 Å². The second-order valence-electron chi connectivity index (χ2n) is 4.81. The molecule has 0 fully saturated rings. The van der Waals surface area contributed by atoms with Crippen molar-refractivity contribution in [3.8, 4) is 0 Å². The molecule has 0 nitrogen and oxygen atoms in total. The fraction of sp³-hybridized carbons (Fsp3) is 0.500. The summed E-state index contributed by atoms with van der Waals surface area (Å²) < 4.78 is 75.9. The van der Waals surface area contributed by atoms with Crippen molar-refractivity contribution in [3.63, 3.8) is 0 Å². The van der Waals surface area contributed by atoms with E-state index >= 15 is 0 Å². The van der Waals surface area contributed by atoms with Crippen LogP contribution in [-0.4, -0.2) is 5.33 Å². The monoisotopic (exact) mass is 348 g/mol. The number of hydrogen-bond donors (Lipinski definition) is 0. The van der Waals surface area contributed by atoms with Crippen molar-refractivity contribution in [2.24, 2.45) is 0 Å². The fourth-order valence-corrected chi connectivity index (χ4v) is 1.75. The van der Waals surface area contributed by atoms with Crippen molar-refractivity contribution in [1.82, 2.24) is 0 Å². The molecule has 0 atom stereocenters. The minimum Gasteiger partial charge on any atom is -0.166 e. The standard InChI is InChI=1S/C12H11BrF6/c1-10(2,6-13)7-3-8(11(14,15)16)5-9(4-7)12(17,18)19/h3-5H,6H2,1-2H3. The number of alkyl halides is 7. The molecule has 1 aromatic rings. The van der Waals surface area contributed by atoms with E-state index in [0.29, 0.717) is 0 Å². The van der Waals surface area contributed by atoms with Gasteiger partial charge in [0.2, 0.25) is 0 Å². The predicted molar refractivity (Wildman–Crippen MR) is 63.3 cm³/mol. The molecule has 0 aliphatic carbocycles. The summed E-state index contributed by atoms with van der Waals surface area (Å²) in [5, 5.41) is 0.249. The predicted octanol–water partition coefficient (Wildman–Crippen LogP) is 5.40. The third-order valence-corrected chi connectivity index (χ3v) is 4.11. The molecule has 0 unspecified atom stereocenters. The van der Waals surface area contributed by atoms with Crippen LogP contribution in [0, 0.1) is 0 Å². The Kier molecular flexibility index (Phi) is 4.29. The van der Waals surface area contributed by atoms with E-state index in [4.69, 9.17) is 0 Å². The first-order valence-corrected chi connectivity index (χ1v) is 6.36. The molecule has 0 aliphatic heterocycles. The van der Waals surface area contributed by atoms with Crippen LogP contribution in [0.3, 0.4) is 0 Å². The number of halogens is 7. The van der Waals surface area contributed by atoms with E-state index in [2.05, 4.69) is 15.9 Å². The molecule has 108 valence electrons. The average molecular weight is 349 g/mol. The Bertz CT molecular complexity index is 426. The van der Waals surface area contributed by atoms with Gasteiger partial charge in [-0.25, -0.2) is 0 Å². The van der Waals surface area contributed by atoms with Crippen molar-refractivity contribution in [1.29, 1.82) is 0 Å². The van der Waals surface area contributed by atoms with E-state index in [1.807, 2.05) is 0 Å². The summed E-state index contributed by atoms with van der Waals surface area (Å²) in [6.07, 6.45) is -9.61. The normalized spacial score (nSPS) is 13.7. The Morgan fingerprint density at radius 1 is 0.789 bits per heavy atom. The Morgan fingerprint density at radius 2 is 1.11 bits per heavy atom. The van der Waals surface area contributed by atoms with Crippen LogP contribution in [0.4, 0.5) is 26.3 Å². The molecular weight excluding hydrogens is 338 g/mol. The zero-order valence-corrected chi connectivity index (χ0v) is 11.7. The van der Waals surface area contributed by atoms with Gasteiger partial charge in [0.1, 0.15) is 0 Å². The molecule has 1 aromatic carbocycles. The molecule has 0 radical (unpaired) electrons. The van der Waals surface area contributed by atoms with E-state index in [0.717, 1.165) is 12.1 Å². The maximum absolute atomic E-state index is 12.6. The lowest BCUT2D eigenvalue weighted by molar-refractivity contribution is -0.143. The fourth-order valence-electron chi connectivity index (χ4n) is 1.42. The minimum absolute atomic E-state index is 0.00785. The number of benzene rings is 1. The van der Waals surface area contributed by atoms with Gasteiger partial charge in [0.05, 0.1) is 11.1 Å². The molecule has 0 heterocycles. The molecule has 7 heteroatoms. The van der Waals surface area contributed by atoms with Crippen LogP contribution in [0.15, 0.2) is 18.2 Å². The first-order valence-electron chi connectivity index (χ1n) is 5.24. The maximum atomic E-state index is 12.6. The first-order chi connectivity index (χ1) is 8.38. The summed E-state index contributed by atoms with van der Waals surface area (Å²) in [7, 11) is 0. The largest absolute Gasteiger partial charge is 0.416 e. The summed E-state index contributed by atoms with van der Waals surface area (Å²) in [5.41, 5.74) is -3.41. The molecule has 1 rings (SSSR count). The second-order valence-corrected chi connectivity index (χ2v) is 5.37. The lowest BCUT2D eigenvalue weighted by Crippen LogP contribution is -2.22. The van der Waals surface area contributed by atoms with Gasteiger partial charge in [0.15, 0.2) is 0 Å². The van der Waals surface area contributed by atoms with Gasteiger partial charge in [-0.15, -0.1) is 0 Å². The quantitative estimate of drug-likeness (QED) is 0.496. The maximum Gasteiger partial charge on any atom is 0.416 e. The molecular formula is C12H11BrF6. The molecule has 19 heavy (non-hydrogen) atoms. The Hall–Kier alpha value is -0.720. The highest BCUT2D eigenvalue weighted by Gasteiger charge is 2.38. The smallest absolute Gasteiger partial charge is 0.166 e. The molecule has 0 amide bonds. The van der Waals surface area contributed by atoms with Crippen molar-refractivity contribution in [2.45, 2.75) is 31.6 Å². The van der Waals surface area contributed by atoms with Gasteiger partial charge in [0, 0.05) is 5.33 Å². The highest BCUT2D eigenvalue weighted by Crippen LogP contribution is 2.39. The molecule has 0 aliphatic rings. The van der Waals surface area contributed by atoms with Gasteiger partial charge in [-0.2, -0.15) is 26.3 Å². The van der Waals surface area contributed by atoms with Crippen LogP contribution in [0.2, 0.25) is 0 Å². The second kappa shape index (κ2) is 5.00. The van der Waals surface area contributed by atoms with Crippen LogP contribution in [-0.2, 0) is 17.8 Å². The van der Waals surface area contributed by atoms with Crippen LogP contribution >= 0.6 is 15.9 Å². The van der Waals surface area contributed by atoms with Crippen molar-refractivity contribution in [2.75, 3.05) is 5.33 Å². The van der Waals surface area contributed by atoms with Crippen LogP contribution in [0.5, 0.6) is 0 Å². The lowest BCUT2D eigenvalue weighted by Gasteiger charge is -2.25. The average Bonchev–Trinajstić information content (AvgIpc) is 2.26.